The molecule has 0 saturated carbocycles. The number of hydrogen-bond acceptors (Lipinski definition) is 4. The van der Waals surface area contributed by atoms with Crippen molar-refractivity contribution >= 4 is 11.0 Å². The minimum atomic E-state index is -4.65. The number of nitrogens with zero attached hydrogens (tertiary/aromatic N) is 3. The van der Waals surface area contributed by atoms with Gasteiger partial charge in [0.05, 0.1) is 42.2 Å². The van der Waals surface area contributed by atoms with Crippen molar-refractivity contribution < 1.29 is 27.0 Å². The van der Waals surface area contributed by atoms with Gasteiger partial charge in [0.1, 0.15) is 17.3 Å². The number of ether oxygens (including phenoxy) is 2. The summed E-state index contributed by atoms with van der Waals surface area (Å²) < 4.78 is 67.2. The van der Waals surface area contributed by atoms with Crippen molar-refractivity contribution in [2.75, 3.05) is 14.2 Å². The lowest BCUT2D eigenvalue weighted by atomic mass is 10.0. The first kappa shape index (κ1) is 20.6. The molecule has 2 aromatic heterocycles. The van der Waals surface area contributed by atoms with E-state index in [0.29, 0.717) is 22.7 Å². The number of halogens is 4. The highest BCUT2D eigenvalue weighted by atomic mass is 19.4. The number of methoxy groups -OCH3 is 2. The van der Waals surface area contributed by atoms with E-state index in [1.54, 1.807) is 18.2 Å². The average molecular weight is 431 g/mol. The minimum Gasteiger partial charge on any atom is -0.497 e. The van der Waals surface area contributed by atoms with Gasteiger partial charge in [-0.25, -0.2) is 14.1 Å². The van der Waals surface area contributed by atoms with Crippen molar-refractivity contribution in [2.24, 2.45) is 0 Å². The van der Waals surface area contributed by atoms with Gasteiger partial charge in [-0.3, -0.25) is 0 Å². The summed E-state index contributed by atoms with van der Waals surface area (Å²) in [7, 11) is 2.87. The maximum Gasteiger partial charge on any atom is 0.417 e. The molecule has 0 atom stereocenters. The van der Waals surface area contributed by atoms with Crippen LogP contribution in [0.3, 0.4) is 0 Å². The first-order valence-corrected chi connectivity index (χ1v) is 9.19. The lowest BCUT2D eigenvalue weighted by molar-refractivity contribution is -0.136. The van der Waals surface area contributed by atoms with Crippen LogP contribution in [0.2, 0.25) is 0 Å². The van der Waals surface area contributed by atoms with E-state index in [1.807, 2.05) is 0 Å². The van der Waals surface area contributed by atoms with Crippen molar-refractivity contribution in [1.29, 1.82) is 0 Å². The van der Waals surface area contributed by atoms with Crippen molar-refractivity contribution in [3.8, 4) is 28.4 Å². The van der Waals surface area contributed by atoms with Crippen molar-refractivity contribution in [3.63, 3.8) is 0 Å². The minimum absolute atomic E-state index is 0.00111. The van der Waals surface area contributed by atoms with Crippen LogP contribution in [0, 0.1) is 12.7 Å². The Kier molecular flexibility index (Phi) is 5.04. The van der Waals surface area contributed by atoms with Gasteiger partial charge < -0.3 is 9.47 Å². The summed E-state index contributed by atoms with van der Waals surface area (Å²) in [6.45, 7) is 1.48. The molecule has 160 valence electrons. The first-order chi connectivity index (χ1) is 14.7. The molecule has 2 heterocycles. The van der Waals surface area contributed by atoms with Crippen molar-refractivity contribution in [3.05, 3.63) is 65.6 Å². The largest absolute Gasteiger partial charge is 0.497 e. The molecule has 0 aliphatic carbocycles. The van der Waals surface area contributed by atoms with Crippen molar-refractivity contribution in [2.45, 2.75) is 13.1 Å². The lowest BCUT2D eigenvalue weighted by Crippen LogP contribution is -2.08. The van der Waals surface area contributed by atoms with E-state index in [1.165, 1.54) is 50.1 Å². The Balaban J connectivity index is 2.07. The number of benzene rings is 2. The molecule has 9 heteroatoms. The number of alkyl halides is 3. The Hall–Kier alpha value is -3.62. The van der Waals surface area contributed by atoms with Gasteiger partial charge in [0, 0.05) is 5.56 Å². The molecule has 0 aliphatic heterocycles. The van der Waals surface area contributed by atoms with Gasteiger partial charge in [0.25, 0.3) is 0 Å². The fourth-order valence-corrected chi connectivity index (χ4v) is 3.43. The Morgan fingerprint density at radius 2 is 1.65 bits per heavy atom. The smallest absolute Gasteiger partial charge is 0.417 e. The fraction of sp³-hybridized carbons (Fsp3) is 0.182. The van der Waals surface area contributed by atoms with E-state index in [9.17, 15) is 17.6 Å². The van der Waals surface area contributed by atoms with E-state index >= 15 is 0 Å². The third-order valence-electron chi connectivity index (χ3n) is 4.87. The zero-order valence-electron chi connectivity index (χ0n) is 16.8. The number of aryl methyl sites for hydroxylation is 1. The molecule has 0 bridgehead atoms. The standard InChI is InChI=1S/C22H17F4N3O2/c1-12-20-17(22(24,25)26)11-18(16-10-15(30-2)8-9-19(16)31-3)27-21(20)29(28-12)14-6-4-13(23)5-7-14/h4-11H,1-3H3. The first-order valence-electron chi connectivity index (χ1n) is 9.19. The fourth-order valence-electron chi connectivity index (χ4n) is 3.43. The topological polar surface area (TPSA) is 49.2 Å². The van der Waals surface area contributed by atoms with Gasteiger partial charge in [-0.05, 0) is 55.5 Å². The molecule has 2 aromatic carbocycles. The number of fused-ring (bicyclic) bond motifs is 1. The Labute approximate surface area is 174 Å². The van der Waals surface area contributed by atoms with Gasteiger partial charge in [-0.2, -0.15) is 18.3 Å². The van der Waals surface area contributed by atoms with Crippen LogP contribution in [-0.4, -0.2) is 29.0 Å². The molecule has 5 nitrogen and oxygen atoms in total. The van der Waals surface area contributed by atoms with Gasteiger partial charge in [-0.1, -0.05) is 0 Å². The number of aromatic nitrogens is 3. The predicted molar refractivity (Wildman–Crippen MR) is 107 cm³/mol. The molecule has 0 spiro atoms. The summed E-state index contributed by atoms with van der Waals surface area (Å²) >= 11 is 0. The molecular weight excluding hydrogens is 414 g/mol. The summed E-state index contributed by atoms with van der Waals surface area (Å²) in [5.41, 5.74) is 0.0397. The number of rotatable bonds is 4. The summed E-state index contributed by atoms with van der Waals surface area (Å²) in [5.74, 6) is 0.308. The second-order valence-electron chi connectivity index (χ2n) is 6.79. The molecule has 0 aliphatic rings. The molecule has 4 rings (SSSR count). The second-order valence-corrected chi connectivity index (χ2v) is 6.79. The Morgan fingerprint density at radius 1 is 0.935 bits per heavy atom. The summed E-state index contributed by atoms with van der Waals surface area (Å²) in [4.78, 5) is 4.49. The number of pyridine rings is 1. The lowest BCUT2D eigenvalue weighted by Gasteiger charge is -2.14. The molecule has 0 amide bonds. The summed E-state index contributed by atoms with van der Waals surface area (Å²) in [5, 5.41) is 4.13. The van der Waals surface area contributed by atoms with E-state index in [2.05, 4.69) is 10.1 Å². The highest BCUT2D eigenvalue weighted by Crippen LogP contribution is 2.41. The van der Waals surface area contributed by atoms with Crippen LogP contribution in [0.1, 0.15) is 11.3 Å². The molecule has 4 aromatic rings. The summed E-state index contributed by atoms with van der Waals surface area (Å²) in [6, 6.07) is 11.0. The highest BCUT2D eigenvalue weighted by molar-refractivity contribution is 5.87. The predicted octanol–water partition coefficient (Wildman–Crippen LogP) is 5.57. The highest BCUT2D eigenvalue weighted by Gasteiger charge is 2.36. The zero-order chi connectivity index (χ0) is 22.3. The van der Waals surface area contributed by atoms with Gasteiger partial charge in [0.2, 0.25) is 0 Å². The molecule has 31 heavy (non-hydrogen) atoms. The van der Waals surface area contributed by atoms with E-state index in [4.69, 9.17) is 9.47 Å². The van der Waals surface area contributed by atoms with E-state index in [0.717, 1.165) is 6.07 Å². The maximum absolute atomic E-state index is 14.0. The normalized spacial score (nSPS) is 11.7. The van der Waals surface area contributed by atoms with Crippen molar-refractivity contribution in [1.82, 2.24) is 14.8 Å². The van der Waals surface area contributed by atoms with Crippen LogP contribution < -0.4 is 9.47 Å². The molecular formula is C22H17F4N3O2. The third-order valence-corrected chi connectivity index (χ3v) is 4.87. The number of hydrogen-bond donors (Lipinski definition) is 0. The van der Waals surface area contributed by atoms with Gasteiger partial charge in [0.15, 0.2) is 5.65 Å². The van der Waals surface area contributed by atoms with E-state index < -0.39 is 17.6 Å². The molecule has 0 unspecified atom stereocenters. The van der Waals surface area contributed by atoms with Crippen LogP contribution in [0.4, 0.5) is 17.6 Å². The maximum atomic E-state index is 14.0. The summed E-state index contributed by atoms with van der Waals surface area (Å²) in [6.07, 6.45) is -4.65. The second kappa shape index (κ2) is 7.57. The van der Waals surface area contributed by atoms with Crippen LogP contribution in [-0.2, 0) is 6.18 Å². The van der Waals surface area contributed by atoms with Gasteiger partial charge >= 0.3 is 6.18 Å². The Bertz CT molecular complexity index is 1260. The van der Waals surface area contributed by atoms with Crippen LogP contribution in [0.5, 0.6) is 11.5 Å². The zero-order valence-corrected chi connectivity index (χ0v) is 16.8. The molecule has 0 radical (unpaired) electrons. The molecule has 0 saturated heterocycles. The van der Waals surface area contributed by atoms with E-state index in [-0.39, 0.29) is 22.4 Å². The Morgan fingerprint density at radius 3 is 2.26 bits per heavy atom. The quantitative estimate of drug-likeness (QED) is 0.397. The monoisotopic (exact) mass is 431 g/mol. The van der Waals surface area contributed by atoms with Gasteiger partial charge in [-0.15, -0.1) is 0 Å². The van der Waals surface area contributed by atoms with Crippen LogP contribution in [0.25, 0.3) is 28.0 Å². The van der Waals surface area contributed by atoms with Crippen LogP contribution in [0.15, 0.2) is 48.5 Å². The van der Waals surface area contributed by atoms with Crippen LogP contribution >= 0.6 is 0 Å². The SMILES string of the molecule is COc1ccc(OC)c(-c2cc(C(F)(F)F)c3c(C)nn(-c4ccc(F)cc4)c3n2)c1. The molecule has 0 N–H and O–H groups in total. The third kappa shape index (κ3) is 3.67. The molecule has 0 fully saturated rings. The average Bonchev–Trinajstić information content (AvgIpc) is 3.09.